The Labute approximate surface area is 111 Å². The molecule has 0 saturated carbocycles. The molecule has 6 nitrogen and oxygen atoms in total. The van der Waals surface area contributed by atoms with Crippen molar-refractivity contribution >= 4 is 24.5 Å². The number of rotatable bonds is 7. The topological polar surface area (TPSA) is 84.5 Å². The minimum absolute atomic E-state index is 0.291. The molecule has 0 aliphatic carbocycles. The molecule has 1 atom stereocenters. The summed E-state index contributed by atoms with van der Waals surface area (Å²) in [6.07, 6.45) is 1.35. The zero-order valence-corrected chi connectivity index (χ0v) is 10.8. The molecule has 2 amide bonds. The Kier molecular flexibility index (Phi) is 5.05. The molecule has 2 N–H and O–H groups in total. The van der Waals surface area contributed by atoms with Gasteiger partial charge in [-0.2, -0.15) is 0 Å². The van der Waals surface area contributed by atoms with E-state index in [2.05, 4.69) is 15.4 Å². The Morgan fingerprint density at radius 2 is 1.89 bits per heavy atom. The molecule has 0 heterocycles. The van der Waals surface area contributed by atoms with Crippen LogP contribution in [0.3, 0.4) is 0 Å². The molecule has 0 aromatic heterocycles. The summed E-state index contributed by atoms with van der Waals surface area (Å²) < 4.78 is 4.68. The minimum Gasteiger partial charge on any atom is -0.467 e. The second kappa shape index (κ2) is 6.53. The number of carbonyl (C=O) groups is 3. The van der Waals surface area contributed by atoms with Gasteiger partial charge in [0.15, 0.2) is 0 Å². The molecule has 6 heteroatoms. The Balaban J connectivity index is 2.87. The van der Waals surface area contributed by atoms with Crippen LogP contribution in [0.25, 0.3) is 0 Å². The van der Waals surface area contributed by atoms with Crippen LogP contribution in [-0.2, 0) is 25.5 Å². The monoisotopic (exact) mass is 264 g/mol. The maximum Gasteiger partial charge on any atom is 0.331 e. The average Bonchev–Trinajstić information content (AvgIpc) is 2.40. The summed E-state index contributed by atoms with van der Waals surface area (Å²) in [7, 11) is 1.27. The first-order valence-corrected chi connectivity index (χ1v) is 5.64. The highest BCUT2D eigenvalue weighted by Gasteiger charge is 2.34. The van der Waals surface area contributed by atoms with Crippen molar-refractivity contribution in [2.24, 2.45) is 0 Å². The second-order valence-electron chi connectivity index (χ2n) is 4.22. The molecule has 0 fully saturated rings. The van der Waals surface area contributed by atoms with E-state index in [4.69, 9.17) is 0 Å². The number of ether oxygens (including phenoxy) is 1. The molecule has 1 aromatic carbocycles. The van der Waals surface area contributed by atoms with Crippen LogP contribution >= 0.6 is 0 Å². The first-order valence-electron chi connectivity index (χ1n) is 5.64. The number of methoxy groups -OCH3 is 1. The van der Waals surface area contributed by atoms with Crippen LogP contribution in [0.1, 0.15) is 12.5 Å². The summed E-state index contributed by atoms with van der Waals surface area (Å²) in [6, 6.07) is 6.95. The molecule has 0 radical (unpaired) electrons. The highest BCUT2D eigenvalue weighted by molar-refractivity contribution is 5.83. The Bertz CT molecular complexity index is 458. The normalized spacial score (nSPS) is 12.9. The van der Waals surface area contributed by atoms with E-state index < -0.39 is 11.5 Å². The molecule has 0 saturated heterocycles. The number of nitrogens with one attached hydrogen (secondary N) is 2. The van der Waals surface area contributed by atoms with Gasteiger partial charge in [0.1, 0.15) is 5.54 Å². The number of anilines is 1. The second-order valence-corrected chi connectivity index (χ2v) is 4.22. The fourth-order valence-corrected chi connectivity index (χ4v) is 1.73. The molecule has 1 aromatic rings. The van der Waals surface area contributed by atoms with E-state index in [0.29, 0.717) is 24.9 Å². The van der Waals surface area contributed by atoms with Crippen LogP contribution < -0.4 is 10.6 Å². The van der Waals surface area contributed by atoms with Gasteiger partial charge in [0.25, 0.3) is 0 Å². The van der Waals surface area contributed by atoms with Gasteiger partial charge < -0.3 is 15.4 Å². The molecule has 0 bridgehead atoms. The van der Waals surface area contributed by atoms with Gasteiger partial charge in [-0.05, 0) is 24.6 Å². The van der Waals surface area contributed by atoms with Gasteiger partial charge in [0.05, 0.1) is 7.11 Å². The highest BCUT2D eigenvalue weighted by atomic mass is 16.5. The zero-order chi connectivity index (χ0) is 14.3. The maximum absolute atomic E-state index is 11.7. The van der Waals surface area contributed by atoms with E-state index >= 15 is 0 Å². The molecule has 19 heavy (non-hydrogen) atoms. The predicted octanol–water partition coefficient (Wildman–Crippen LogP) is 0.475. The number of carbonyl (C=O) groups excluding carboxylic acids is 3. The first-order chi connectivity index (χ1) is 9.05. The summed E-state index contributed by atoms with van der Waals surface area (Å²) in [5.74, 6) is -0.519. The van der Waals surface area contributed by atoms with Crippen molar-refractivity contribution in [1.29, 1.82) is 0 Å². The summed E-state index contributed by atoms with van der Waals surface area (Å²) in [5.41, 5.74) is 0.372. The minimum atomic E-state index is -1.11. The van der Waals surface area contributed by atoms with Crippen molar-refractivity contribution in [3.05, 3.63) is 29.8 Å². The number of esters is 1. The van der Waals surface area contributed by atoms with Crippen LogP contribution in [0.4, 0.5) is 5.69 Å². The molecule has 102 valence electrons. The predicted molar refractivity (Wildman–Crippen MR) is 69.5 cm³/mol. The van der Waals surface area contributed by atoms with Gasteiger partial charge in [0, 0.05) is 12.1 Å². The lowest BCUT2D eigenvalue weighted by Gasteiger charge is -2.26. The quantitative estimate of drug-likeness (QED) is 0.554. The van der Waals surface area contributed by atoms with Gasteiger partial charge in [-0.3, -0.25) is 9.59 Å². The van der Waals surface area contributed by atoms with Gasteiger partial charge in [0.2, 0.25) is 12.8 Å². The smallest absolute Gasteiger partial charge is 0.331 e. The van der Waals surface area contributed by atoms with E-state index in [-0.39, 0.29) is 0 Å². The molecule has 0 aliphatic rings. The third-order valence-corrected chi connectivity index (χ3v) is 2.75. The average molecular weight is 264 g/mol. The summed E-state index contributed by atoms with van der Waals surface area (Å²) in [6.45, 7) is 1.59. The van der Waals surface area contributed by atoms with Gasteiger partial charge in [-0.1, -0.05) is 12.1 Å². The fraction of sp³-hybridized carbons (Fsp3) is 0.308. The highest BCUT2D eigenvalue weighted by Crippen LogP contribution is 2.17. The lowest BCUT2D eigenvalue weighted by atomic mass is 9.93. The number of hydrogen-bond donors (Lipinski definition) is 2. The molecule has 1 rings (SSSR count). The van der Waals surface area contributed by atoms with Gasteiger partial charge >= 0.3 is 5.97 Å². The lowest BCUT2D eigenvalue weighted by molar-refractivity contribution is -0.149. The summed E-state index contributed by atoms with van der Waals surface area (Å²) in [5, 5.41) is 4.98. The molecule has 0 aliphatic heterocycles. The third kappa shape index (κ3) is 3.80. The van der Waals surface area contributed by atoms with Gasteiger partial charge in [-0.25, -0.2) is 4.79 Å². The Morgan fingerprint density at radius 3 is 2.37 bits per heavy atom. The Hall–Kier alpha value is -2.37. The van der Waals surface area contributed by atoms with Crippen molar-refractivity contribution in [2.75, 3.05) is 12.4 Å². The number of amides is 2. The molecule has 0 unspecified atom stereocenters. The Morgan fingerprint density at radius 1 is 1.26 bits per heavy atom. The van der Waals surface area contributed by atoms with Crippen molar-refractivity contribution in [3.8, 4) is 0 Å². The SMILES string of the molecule is COC(=O)[C@@](C)(Cc1ccc(NC=O)cc1)NC=O. The van der Waals surface area contributed by atoms with Crippen molar-refractivity contribution < 1.29 is 19.1 Å². The largest absolute Gasteiger partial charge is 0.467 e. The fourth-order valence-electron chi connectivity index (χ4n) is 1.73. The van der Waals surface area contributed by atoms with E-state index in [9.17, 15) is 14.4 Å². The molecular formula is C13H16N2O4. The maximum atomic E-state index is 11.7. The third-order valence-electron chi connectivity index (χ3n) is 2.75. The van der Waals surface area contributed by atoms with Crippen molar-refractivity contribution in [3.63, 3.8) is 0 Å². The van der Waals surface area contributed by atoms with E-state index in [1.54, 1.807) is 31.2 Å². The van der Waals surface area contributed by atoms with Gasteiger partial charge in [-0.15, -0.1) is 0 Å². The zero-order valence-electron chi connectivity index (χ0n) is 10.8. The van der Waals surface area contributed by atoms with Crippen molar-refractivity contribution in [1.82, 2.24) is 5.32 Å². The van der Waals surface area contributed by atoms with Crippen LogP contribution in [-0.4, -0.2) is 31.4 Å². The lowest BCUT2D eigenvalue weighted by Crippen LogP contribution is -2.51. The number of hydrogen-bond acceptors (Lipinski definition) is 4. The van der Waals surface area contributed by atoms with E-state index in [1.165, 1.54) is 7.11 Å². The molecule has 0 spiro atoms. The standard InChI is InChI=1S/C13H16N2O4/c1-13(15-9-17,12(18)19-2)7-10-3-5-11(6-4-10)14-8-16/h3-6,8-9H,7H2,1-2H3,(H,14,16)(H,15,17)/t13-/m1/s1. The van der Waals surface area contributed by atoms with Crippen LogP contribution in [0, 0.1) is 0 Å². The van der Waals surface area contributed by atoms with E-state index in [0.717, 1.165) is 5.56 Å². The summed E-state index contributed by atoms with van der Waals surface area (Å²) >= 11 is 0. The van der Waals surface area contributed by atoms with Crippen LogP contribution in [0.5, 0.6) is 0 Å². The summed E-state index contributed by atoms with van der Waals surface area (Å²) in [4.78, 5) is 32.6. The van der Waals surface area contributed by atoms with E-state index in [1.807, 2.05) is 0 Å². The van der Waals surface area contributed by atoms with Crippen LogP contribution in [0.2, 0.25) is 0 Å². The van der Waals surface area contributed by atoms with Crippen LogP contribution in [0.15, 0.2) is 24.3 Å². The van der Waals surface area contributed by atoms with Crippen molar-refractivity contribution in [2.45, 2.75) is 18.9 Å². The number of benzene rings is 1. The first kappa shape index (κ1) is 14.7. The molecular weight excluding hydrogens is 248 g/mol.